The molecule has 1 N–H and O–H groups in total. The molecular weight excluding hydrogens is 483 g/mol. The number of nitrogens with one attached hydrogen (secondary N) is 1. The molecule has 0 unspecified atom stereocenters. The van der Waals surface area contributed by atoms with Gasteiger partial charge in [0.1, 0.15) is 11.8 Å². The molecule has 0 bridgehead atoms. The number of hydrogen-bond donors (Lipinski definition) is 1. The van der Waals surface area contributed by atoms with Gasteiger partial charge in [0.25, 0.3) is 5.91 Å². The van der Waals surface area contributed by atoms with Crippen LogP contribution in [0.2, 0.25) is 10.0 Å². The van der Waals surface area contributed by atoms with Crippen LogP contribution in [0.4, 0.5) is 0 Å². The van der Waals surface area contributed by atoms with Crippen LogP contribution >= 0.6 is 23.2 Å². The largest absolute Gasteiger partial charge is 0.484 e. The number of halogens is 2. The van der Waals surface area contributed by atoms with Gasteiger partial charge < -0.3 is 15.0 Å². The van der Waals surface area contributed by atoms with E-state index in [0.29, 0.717) is 22.2 Å². The minimum Gasteiger partial charge on any atom is -0.484 e. The molecule has 0 aromatic heterocycles. The van der Waals surface area contributed by atoms with E-state index in [4.69, 9.17) is 27.9 Å². The van der Waals surface area contributed by atoms with Crippen LogP contribution in [0.3, 0.4) is 0 Å². The van der Waals surface area contributed by atoms with E-state index in [1.165, 1.54) is 0 Å². The van der Waals surface area contributed by atoms with Crippen LogP contribution in [0.15, 0.2) is 78.9 Å². The van der Waals surface area contributed by atoms with E-state index in [9.17, 15) is 9.59 Å². The topological polar surface area (TPSA) is 58.6 Å². The second-order valence-corrected chi connectivity index (χ2v) is 9.23. The van der Waals surface area contributed by atoms with Gasteiger partial charge in [-0.05, 0) is 48.7 Å². The Bertz CT molecular complexity index is 1120. The molecule has 0 saturated heterocycles. The quantitative estimate of drug-likeness (QED) is 0.346. The number of carbonyl (C=O) groups is 2. The third-order valence-electron chi connectivity index (χ3n) is 5.73. The first-order valence-electron chi connectivity index (χ1n) is 11.6. The molecule has 0 aliphatic carbocycles. The van der Waals surface area contributed by atoms with E-state index >= 15 is 0 Å². The van der Waals surface area contributed by atoms with E-state index in [2.05, 4.69) is 5.32 Å². The van der Waals surface area contributed by atoms with E-state index in [-0.39, 0.29) is 31.0 Å². The Kier molecular flexibility index (Phi) is 10.0. The molecule has 7 heteroatoms. The predicted molar refractivity (Wildman–Crippen MR) is 141 cm³/mol. The number of nitrogens with zero attached hydrogens (tertiary/aromatic N) is 1. The van der Waals surface area contributed by atoms with Crippen molar-refractivity contribution in [2.75, 3.05) is 6.61 Å². The monoisotopic (exact) mass is 512 g/mol. The molecule has 0 aliphatic rings. The lowest BCUT2D eigenvalue weighted by molar-refractivity contribution is -0.143. The third kappa shape index (κ3) is 8.01. The van der Waals surface area contributed by atoms with Gasteiger partial charge in [-0.1, -0.05) is 84.7 Å². The second-order valence-electron chi connectivity index (χ2n) is 8.38. The van der Waals surface area contributed by atoms with Crippen molar-refractivity contribution in [2.24, 2.45) is 0 Å². The van der Waals surface area contributed by atoms with Crippen molar-refractivity contribution in [3.05, 3.63) is 100 Å². The normalized spacial score (nSPS) is 12.5. The van der Waals surface area contributed by atoms with Gasteiger partial charge in [-0.25, -0.2) is 0 Å². The summed E-state index contributed by atoms with van der Waals surface area (Å²) in [5.74, 6) is -0.0660. The first-order chi connectivity index (χ1) is 16.9. The number of hydrogen-bond acceptors (Lipinski definition) is 3. The maximum absolute atomic E-state index is 13.6. The molecule has 35 heavy (non-hydrogen) atoms. The average Bonchev–Trinajstić information content (AvgIpc) is 2.86. The van der Waals surface area contributed by atoms with Gasteiger partial charge in [-0.3, -0.25) is 9.59 Å². The Labute approximate surface area is 217 Å². The Morgan fingerprint density at radius 3 is 2.37 bits per heavy atom. The fraction of sp³-hybridized carbons (Fsp3) is 0.286. The van der Waals surface area contributed by atoms with Gasteiger partial charge in [0.05, 0.1) is 0 Å². The lowest BCUT2D eigenvalue weighted by atomic mass is 10.0. The molecule has 0 fully saturated rings. The third-order valence-corrected chi connectivity index (χ3v) is 6.33. The first kappa shape index (κ1) is 26.6. The molecule has 0 aliphatic heterocycles. The summed E-state index contributed by atoms with van der Waals surface area (Å²) in [6.07, 6.45) is 1.14. The van der Waals surface area contributed by atoms with Gasteiger partial charge in [0, 0.05) is 29.1 Å². The Hall–Kier alpha value is -3.02. The van der Waals surface area contributed by atoms with Crippen molar-refractivity contribution in [2.45, 2.75) is 45.3 Å². The van der Waals surface area contributed by atoms with Crippen LogP contribution in [0.1, 0.15) is 31.4 Å². The summed E-state index contributed by atoms with van der Waals surface area (Å²) in [4.78, 5) is 28.6. The zero-order valence-electron chi connectivity index (χ0n) is 19.9. The average molecular weight is 513 g/mol. The molecule has 5 nitrogen and oxygen atoms in total. The molecule has 3 aromatic carbocycles. The summed E-state index contributed by atoms with van der Waals surface area (Å²) in [5.41, 5.74) is 1.70. The number of rotatable bonds is 11. The molecule has 2 amide bonds. The maximum Gasteiger partial charge on any atom is 0.261 e. The maximum atomic E-state index is 13.6. The fourth-order valence-electron chi connectivity index (χ4n) is 3.59. The number of ether oxygens (including phenoxy) is 1. The smallest absolute Gasteiger partial charge is 0.261 e. The van der Waals surface area contributed by atoms with Gasteiger partial charge in [0.15, 0.2) is 6.61 Å². The summed E-state index contributed by atoms with van der Waals surface area (Å²) in [5, 5.41) is 4.08. The van der Waals surface area contributed by atoms with Crippen molar-refractivity contribution < 1.29 is 14.3 Å². The SMILES string of the molecule is CC[C@H](C)NC(=O)[C@@H](Cc1ccccc1)N(Cc1ccccc1Cl)C(=O)COc1cccc(Cl)c1. The van der Waals surface area contributed by atoms with Crippen LogP contribution in [-0.2, 0) is 22.6 Å². The minimum atomic E-state index is -0.752. The molecule has 184 valence electrons. The first-order valence-corrected chi connectivity index (χ1v) is 12.4. The summed E-state index contributed by atoms with van der Waals surface area (Å²) >= 11 is 12.5. The van der Waals surface area contributed by atoms with Gasteiger partial charge in [-0.15, -0.1) is 0 Å². The highest BCUT2D eigenvalue weighted by Crippen LogP contribution is 2.22. The molecule has 2 atom stereocenters. The lowest BCUT2D eigenvalue weighted by Gasteiger charge is -2.32. The van der Waals surface area contributed by atoms with Crippen LogP contribution in [-0.4, -0.2) is 35.4 Å². The van der Waals surface area contributed by atoms with Crippen molar-refractivity contribution in [3.63, 3.8) is 0 Å². The van der Waals surface area contributed by atoms with E-state index in [1.54, 1.807) is 35.2 Å². The Balaban J connectivity index is 1.92. The van der Waals surface area contributed by atoms with Crippen LogP contribution < -0.4 is 10.1 Å². The van der Waals surface area contributed by atoms with Crippen molar-refractivity contribution in [1.82, 2.24) is 10.2 Å². The van der Waals surface area contributed by atoms with Crippen LogP contribution in [0, 0.1) is 0 Å². The van der Waals surface area contributed by atoms with Crippen LogP contribution in [0.5, 0.6) is 5.75 Å². The fourth-order valence-corrected chi connectivity index (χ4v) is 3.97. The van der Waals surface area contributed by atoms with E-state index in [0.717, 1.165) is 17.5 Å². The van der Waals surface area contributed by atoms with Crippen molar-refractivity contribution in [3.8, 4) is 5.75 Å². The predicted octanol–water partition coefficient (Wildman–Crippen LogP) is 5.93. The van der Waals surface area contributed by atoms with Gasteiger partial charge in [-0.2, -0.15) is 0 Å². The van der Waals surface area contributed by atoms with E-state index in [1.807, 2.05) is 62.4 Å². The molecule has 0 radical (unpaired) electrons. The zero-order valence-corrected chi connectivity index (χ0v) is 21.4. The highest BCUT2D eigenvalue weighted by molar-refractivity contribution is 6.31. The number of carbonyl (C=O) groups excluding carboxylic acids is 2. The summed E-state index contributed by atoms with van der Waals surface area (Å²) in [6, 6.07) is 23.0. The molecule has 0 saturated carbocycles. The zero-order chi connectivity index (χ0) is 25.2. The Morgan fingerprint density at radius 1 is 0.971 bits per heavy atom. The molecule has 3 rings (SSSR count). The number of benzene rings is 3. The summed E-state index contributed by atoms with van der Waals surface area (Å²) < 4.78 is 5.74. The standard InChI is InChI=1S/C28H30Cl2N2O3/c1-3-20(2)31-28(34)26(16-21-10-5-4-6-11-21)32(18-22-12-7-8-15-25(22)30)27(33)19-35-24-14-9-13-23(29)17-24/h4-15,17,20,26H,3,16,18-19H2,1-2H3,(H,31,34)/t20-,26+/m0/s1. The van der Waals surface area contributed by atoms with Crippen molar-refractivity contribution >= 4 is 35.0 Å². The minimum absolute atomic E-state index is 0.0271. The highest BCUT2D eigenvalue weighted by atomic mass is 35.5. The van der Waals surface area contributed by atoms with Crippen LogP contribution in [0.25, 0.3) is 0 Å². The molecule has 0 heterocycles. The van der Waals surface area contributed by atoms with Gasteiger partial charge in [0.2, 0.25) is 5.91 Å². The highest BCUT2D eigenvalue weighted by Gasteiger charge is 2.31. The van der Waals surface area contributed by atoms with E-state index < -0.39 is 6.04 Å². The van der Waals surface area contributed by atoms with Gasteiger partial charge >= 0.3 is 0 Å². The molecular formula is C28H30Cl2N2O3. The van der Waals surface area contributed by atoms with Crippen molar-refractivity contribution in [1.29, 1.82) is 0 Å². The summed E-state index contributed by atoms with van der Waals surface area (Å²) in [7, 11) is 0. The second kappa shape index (κ2) is 13.2. The summed E-state index contributed by atoms with van der Waals surface area (Å²) in [6.45, 7) is 3.87. The number of amides is 2. The molecule has 3 aromatic rings. The Morgan fingerprint density at radius 2 is 1.69 bits per heavy atom. The molecule has 0 spiro atoms. The lowest BCUT2D eigenvalue weighted by Crippen LogP contribution is -2.53.